The van der Waals surface area contributed by atoms with E-state index in [2.05, 4.69) is 10.3 Å². The molecule has 2 aromatic carbocycles. The number of nitrogens with zero attached hydrogens (tertiary/aromatic N) is 1. The molecular weight excluding hydrogens is 379 g/mol. The Hall–Kier alpha value is -2.08. The number of anilines is 1. The van der Waals surface area contributed by atoms with Gasteiger partial charge >= 0.3 is 0 Å². The predicted molar refractivity (Wildman–Crippen MR) is 103 cm³/mol. The summed E-state index contributed by atoms with van der Waals surface area (Å²) in [5.41, 5.74) is 2.52. The van der Waals surface area contributed by atoms with Crippen molar-refractivity contribution < 1.29 is 9.53 Å². The highest BCUT2D eigenvalue weighted by atomic mass is 35.5. The maximum Gasteiger partial charge on any atom is 0.264 e. The number of thiazole rings is 1. The SMILES string of the molecule is Cc1cccc(OCC(=O)Nc2nc(-c3ccc(Cl)cc3Cl)cs2)c1. The highest BCUT2D eigenvalue weighted by molar-refractivity contribution is 7.14. The van der Waals surface area contributed by atoms with Gasteiger partial charge in [-0.2, -0.15) is 0 Å². The molecule has 0 unspecified atom stereocenters. The predicted octanol–water partition coefficient (Wildman–Crippen LogP) is 5.44. The zero-order valence-corrected chi connectivity index (χ0v) is 15.6. The van der Waals surface area contributed by atoms with Gasteiger partial charge in [-0.15, -0.1) is 11.3 Å². The Morgan fingerprint density at radius 1 is 1.24 bits per heavy atom. The number of nitrogens with one attached hydrogen (secondary N) is 1. The van der Waals surface area contributed by atoms with Crippen molar-refractivity contribution in [2.75, 3.05) is 11.9 Å². The number of ether oxygens (including phenoxy) is 1. The maximum atomic E-state index is 12.0. The molecule has 7 heteroatoms. The molecule has 0 radical (unpaired) electrons. The number of halogens is 2. The summed E-state index contributed by atoms with van der Waals surface area (Å²) in [7, 11) is 0. The summed E-state index contributed by atoms with van der Waals surface area (Å²) in [4.78, 5) is 16.4. The van der Waals surface area contributed by atoms with Gasteiger partial charge in [-0.05, 0) is 42.8 Å². The number of hydrogen-bond acceptors (Lipinski definition) is 4. The second-order valence-corrected chi connectivity index (χ2v) is 7.02. The Kier molecular flexibility index (Phi) is 5.58. The van der Waals surface area contributed by atoms with E-state index in [0.717, 1.165) is 11.1 Å². The lowest BCUT2D eigenvalue weighted by Gasteiger charge is -2.06. The summed E-state index contributed by atoms with van der Waals surface area (Å²) < 4.78 is 5.47. The highest BCUT2D eigenvalue weighted by Crippen LogP contribution is 2.32. The zero-order chi connectivity index (χ0) is 17.8. The van der Waals surface area contributed by atoms with Crippen molar-refractivity contribution in [2.24, 2.45) is 0 Å². The Morgan fingerprint density at radius 2 is 2.08 bits per heavy atom. The monoisotopic (exact) mass is 392 g/mol. The summed E-state index contributed by atoms with van der Waals surface area (Å²) in [6.07, 6.45) is 0. The fourth-order valence-corrected chi connectivity index (χ4v) is 3.39. The molecule has 1 N–H and O–H groups in total. The quantitative estimate of drug-likeness (QED) is 0.628. The van der Waals surface area contributed by atoms with E-state index in [1.54, 1.807) is 18.2 Å². The summed E-state index contributed by atoms with van der Waals surface area (Å²) in [6, 6.07) is 12.7. The van der Waals surface area contributed by atoms with Gasteiger partial charge in [0, 0.05) is 16.0 Å². The minimum absolute atomic E-state index is 0.0833. The van der Waals surface area contributed by atoms with Crippen LogP contribution < -0.4 is 10.1 Å². The van der Waals surface area contributed by atoms with E-state index in [-0.39, 0.29) is 12.5 Å². The molecule has 1 aromatic heterocycles. The summed E-state index contributed by atoms with van der Waals surface area (Å²) in [5.74, 6) is 0.382. The second-order valence-electron chi connectivity index (χ2n) is 5.32. The largest absolute Gasteiger partial charge is 0.484 e. The Morgan fingerprint density at radius 3 is 2.84 bits per heavy atom. The average molecular weight is 393 g/mol. The molecule has 0 atom stereocenters. The molecule has 0 aliphatic rings. The lowest BCUT2D eigenvalue weighted by molar-refractivity contribution is -0.118. The number of aromatic nitrogens is 1. The van der Waals surface area contributed by atoms with Crippen LogP contribution in [-0.2, 0) is 4.79 Å². The van der Waals surface area contributed by atoms with Gasteiger partial charge in [-0.25, -0.2) is 4.98 Å². The van der Waals surface area contributed by atoms with E-state index < -0.39 is 0 Å². The van der Waals surface area contributed by atoms with Crippen molar-refractivity contribution in [1.82, 2.24) is 4.98 Å². The first-order chi connectivity index (χ1) is 12.0. The van der Waals surface area contributed by atoms with E-state index in [4.69, 9.17) is 27.9 Å². The van der Waals surface area contributed by atoms with Crippen LogP contribution in [0.3, 0.4) is 0 Å². The van der Waals surface area contributed by atoms with Gasteiger partial charge in [-0.1, -0.05) is 35.3 Å². The van der Waals surface area contributed by atoms with E-state index >= 15 is 0 Å². The maximum absolute atomic E-state index is 12.0. The molecule has 25 heavy (non-hydrogen) atoms. The molecule has 0 saturated heterocycles. The molecule has 0 spiro atoms. The molecule has 4 nitrogen and oxygen atoms in total. The molecule has 128 valence electrons. The number of carbonyl (C=O) groups is 1. The number of benzene rings is 2. The number of rotatable bonds is 5. The number of amides is 1. The van der Waals surface area contributed by atoms with Gasteiger partial charge in [0.1, 0.15) is 5.75 Å². The van der Waals surface area contributed by atoms with Crippen molar-refractivity contribution in [3.63, 3.8) is 0 Å². The first-order valence-electron chi connectivity index (χ1n) is 7.41. The van der Waals surface area contributed by atoms with Gasteiger partial charge < -0.3 is 4.74 Å². The van der Waals surface area contributed by atoms with E-state index in [9.17, 15) is 4.79 Å². The lowest BCUT2D eigenvalue weighted by Crippen LogP contribution is -2.20. The average Bonchev–Trinajstić information content (AvgIpc) is 3.01. The van der Waals surface area contributed by atoms with Gasteiger partial charge in [-0.3, -0.25) is 10.1 Å². The fourth-order valence-electron chi connectivity index (χ4n) is 2.16. The third-order valence-corrected chi connectivity index (χ3v) is 4.62. The normalized spacial score (nSPS) is 10.5. The first kappa shape index (κ1) is 17.7. The van der Waals surface area contributed by atoms with Crippen LogP contribution in [0.25, 0.3) is 11.3 Å². The van der Waals surface area contributed by atoms with Crippen molar-refractivity contribution in [3.8, 4) is 17.0 Å². The lowest BCUT2D eigenvalue weighted by atomic mass is 10.2. The van der Waals surface area contributed by atoms with Crippen LogP contribution in [0.5, 0.6) is 5.75 Å². The molecule has 0 bridgehead atoms. The topological polar surface area (TPSA) is 51.2 Å². The summed E-state index contributed by atoms with van der Waals surface area (Å²) in [6.45, 7) is 1.88. The van der Waals surface area contributed by atoms with Crippen LogP contribution >= 0.6 is 34.5 Å². The number of aryl methyl sites for hydroxylation is 1. The minimum atomic E-state index is -0.274. The van der Waals surface area contributed by atoms with Crippen LogP contribution in [0, 0.1) is 6.92 Å². The molecule has 0 fully saturated rings. The van der Waals surface area contributed by atoms with Gasteiger partial charge in [0.05, 0.1) is 10.7 Å². The van der Waals surface area contributed by atoms with Crippen molar-refractivity contribution in [2.45, 2.75) is 6.92 Å². The van der Waals surface area contributed by atoms with Crippen LogP contribution in [0.1, 0.15) is 5.56 Å². The molecule has 1 amide bonds. The number of carbonyl (C=O) groups excluding carboxylic acids is 1. The molecular formula is C18H14Cl2N2O2S. The Balaban J connectivity index is 1.62. The molecule has 3 rings (SSSR count). The molecule has 1 heterocycles. The smallest absolute Gasteiger partial charge is 0.264 e. The molecule has 0 saturated carbocycles. The molecule has 3 aromatic rings. The van der Waals surface area contributed by atoms with Crippen LogP contribution in [-0.4, -0.2) is 17.5 Å². The molecule has 0 aliphatic carbocycles. The van der Waals surface area contributed by atoms with Crippen molar-refractivity contribution in [3.05, 3.63) is 63.5 Å². The third-order valence-electron chi connectivity index (χ3n) is 3.32. The summed E-state index contributed by atoms with van der Waals surface area (Å²) >= 11 is 13.4. The second kappa shape index (κ2) is 7.87. The molecule has 0 aliphatic heterocycles. The zero-order valence-electron chi connectivity index (χ0n) is 13.3. The van der Waals surface area contributed by atoms with Crippen molar-refractivity contribution >= 4 is 45.6 Å². The Labute approximate surface area is 159 Å². The van der Waals surface area contributed by atoms with Crippen LogP contribution in [0.2, 0.25) is 10.0 Å². The van der Waals surface area contributed by atoms with E-state index in [1.165, 1.54) is 11.3 Å². The van der Waals surface area contributed by atoms with Gasteiger partial charge in [0.25, 0.3) is 5.91 Å². The van der Waals surface area contributed by atoms with Gasteiger partial charge in [0.2, 0.25) is 0 Å². The Bertz CT molecular complexity index is 912. The highest BCUT2D eigenvalue weighted by Gasteiger charge is 2.11. The fraction of sp³-hybridized carbons (Fsp3) is 0.111. The van der Waals surface area contributed by atoms with Crippen LogP contribution in [0.15, 0.2) is 47.8 Å². The number of hydrogen-bond donors (Lipinski definition) is 1. The standard InChI is InChI=1S/C18H14Cl2N2O2S/c1-11-3-2-4-13(7-11)24-9-17(23)22-18-21-16(10-25-18)14-6-5-12(19)8-15(14)20/h2-8,10H,9H2,1H3,(H,21,22,23). The van der Waals surface area contributed by atoms with E-state index in [0.29, 0.717) is 26.6 Å². The van der Waals surface area contributed by atoms with Crippen LogP contribution in [0.4, 0.5) is 5.13 Å². The van der Waals surface area contributed by atoms with Gasteiger partial charge in [0.15, 0.2) is 11.7 Å². The third kappa shape index (κ3) is 4.72. The minimum Gasteiger partial charge on any atom is -0.484 e. The van der Waals surface area contributed by atoms with Crippen molar-refractivity contribution in [1.29, 1.82) is 0 Å². The summed E-state index contributed by atoms with van der Waals surface area (Å²) in [5, 5.41) is 6.11. The first-order valence-corrected chi connectivity index (χ1v) is 9.05. The van der Waals surface area contributed by atoms with E-state index in [1.807, 2.05) is 36.6 Å².